The van der Waals surface area contributed by atoms with E-state index >= 15 is 0 Å². The average molecular weight is 410 g/mol. The highest BCUT2D eigenvalue weighted by Crippen LogP contribution is 2.38. The monoisotopic (exact) mass is 410 g/mol. The topological polar surface area (TPSA) is 73.0 Å². The van der Waals surface area contributed by atoms with E-state index in [1.807, 2.05) is 43.5 Å². The smallest absolute Gasteiger partial charge is 0.210 e. The van der Waals surface area contributed by atoms with E-state index in [4.69, 9.17) is 18.9 Å². The summed E-state index contributed by atoms with van der Waals surface area (Å²) in [5.41, 5.74) is 3.13. The minimum absolute atomic E-state index is 0.216. The van der Waals surface area contributed by atoms with Crippen LogP contribution in [0.25, 0.3) is 10.9 Å². The van der Waals surface area contributed by atoms with Gasteiger partial charge < -0.3 is 28.8 Å². The average Bonchev–Trinajstić information content (AvgIpc) is 3.19. The lowest BCUT2D eigenvalue weighted by Crippen LogP contribution is -2.37. The lowest BCUT2D eigenvalue weighted by atomic mass is 9.92. The van der Waals surface area contributed by atoms with E-state index in [9.17, 15) is 4.79 Å². The van der Waals surface area contributed by atoms with Crippen molar-refractivity contribution in [3.8, 4) is 23.0 Å². The maximum absolute atomic E-state index is 11.8. The first-order valence-electron chi connectivity index (χ1n) is 10.0. The van der Waals surface area contributed by atoms with E-state index < -0.39 is 0 Å². The zero-order chi connectivity index (χ0) is 21.1. The molecule has 1 aliphatic heterocycles. The Balaban J connectivity index is 1.65. The van der Waals surface area contributed by atoms with Gasteiger partial charge in [0.05, 0.1) is 26.9 Å². The first-order valence-corrected chi connectivity index (χ1v) is 10.0. The molecule has 2 aromatic carbocycles. The maximum atomic E-state index is 11.8. The van der Waals surface area contributed by atoms with Crippen LogP contribution in [0.1, 0.15) is 24.1 Å². The molecule has 0 aliphatic carbocycles. The number of aromatic amines is 1. The summed E-state index contributed by atoms with van der Waals surface area (Å²) in [4.78, 5) is 16.8. The Morgan fingerprint density at radius 2 is 1.97 bits per heavy atom. The molecule has 158 valence electrons. The molecule has 1 aromatic heterocycles. The number of hydrogen-bond acceptors (Lipinski definition) is 5. The van der Waals surface area contributed by atoms with Gasteiger partial charge in [0.25, 0.3) is 0 Å². The van der Waals surface area contributed by atoms with Crippen LogP contribution >= 0.6 is 0 Å². The number of carbonyl (C=O) groups excluding carboxylic acids is 1. The summed E-state index contributed by atoms with van der Waals surface area (Å²) in [6, 6.07) is 9.55. The highest BCUT2D eigenvalue weighted by Gasteiger charge is 2.29. The number of rotatable bonds is 8. The van der Waals surface area contributed by atoms with Crippen LogP contribution in [0.4, 0.5) is 0 Å². The molecule has 0 unspecified atom stereocenters. The van der Waals surface area contributed by atoms with Crippen LogP contribution in [-0.2, 0) is 11.2 Å². The van der Waals surface area contributed by atoms with Crippen molar-refractivity contribution in [2.75, 3.05) is 34.0 Å². The van der Waals surface area contributed by atoms with Gasteiger partial charge >= 0.3 is 0 Å². The van der Waals surface area contributed by atoms with E-state index in [0.717, 1.165) is 46.4 Å². The van der Waals surface area contributed by atoms with E-state index in [0.29, 0.717) is 31.3 Å². The van der Waals surface area contributed by atoms with Crippen molar-refractivity contribution >= 4 is 17.3 Å². The molecule has 7 heteroatoms. The number of nitrogens with one attached hydrogen (secondary N) is 1. The highest BCUT2D eigenvalue weighted by molar-refractivity contribution is 5.87. The zero-order valence-corrected chi connectivity index (χ0v) is 17.4. The van der Waals surface area contributed by atoms with Crippen molar-refractivity contribution < 1.29 is 23.7 Å². The molecule has 1 N–H and O–H groups in total. The molecule has 1 aliphatic rings. The molecule has 1 atom stereocenters. The number of fused-ring (bicyclic) bond motifs is 2. The predicted octanol–water partition coefficient (Wildman–Crippen LogP) is 3.72. The van der Waals surface area contributed by atoms with Crippen molar-refractivity contribution in [3.05, 3.63) is 47.7 Å². The van der Waals surface area contributed by atoms with Crippen molar-refractivity contribution in [1.82, 2.24) is 9.88 Å². The summed E-state index contributed by atoms with van der Waals surface area (Å²) in [7, 11) is 3.27. The van der Waals surface area contributed by atoms with Crippen molar-refractivity contribution in [3.63, 3.8) is 0 Å². The number of nitrogens with zero attached hydrogens (tertiary/aromatic N) is 1. The molecule has 0 bridgehead atoms. The van der Waals surface area contributed by atoms with Crippen LogP contribution in [0.3, 0.4) is 0 Å². The SMILES string of the molecule is CCOc1cc2c(cc1OC)CCN(C=O)[C@H]2COc1c[nH]c2ccc(OC)cc12. The lowest BCUT2D eigenvalue weighted by Gasteiger charge is -2.35. The van der Waals surface area contributed by atoms with Crippen LogP contribution in [0, 0.1) is 0 Å². The third-order valence-corrected chi connectivity index (χ3v) is 5.51. The summed E-state index contributed by atoms with van der Waals surface area (Å²) in [5, 5.41) is 0.938. The number of amides is 1. The van der Waals surface area contributed by atoms with E-state index in [-0.39, 0.29) is 6.04 Å². The lowest BCUT2D eigenvalue weighted by molar-refractivity contribution is -0.121. The van der Waals surface area contributed by atoms with Gasteiger partial charge in [0.15, 0.2) is 11.5 Å². The predicted molar refractivity (Wildman–Crippen MR) is 114 cm³/mol. The molecular formula is C23H26N2O5. The molecule has 0 saturated carbocycles. The van der Waals surface area contributed by atoms with Crippen LogP contribution in [0.2, 0.25) is 0 Å². The number of carbonyl (C=O) groups is 1. The van der Waals surface area contributed by atoms with Crippen LogP contribution in [0.5, 0.6) is 23.0 Å². The Labute approximate surface area is 175 Å². The molecule has 0 fully saturated rings. The third kappa shape index (κ3) is 3.63. The second kappa shape index (κ2) is 8.57. The summed E-state index contributed by atoms with van der Waals surface area (Å²) in [6.07, 6.45) is 3.48. The van der Waals surface area contributed by atoms with Crippen LogP contribution in [-0.4, -0.2) is 50.3 Å². The summed E-state index contributed by atoms with van der Waals surface area (Å²) in [5.74, 6) is 2.87. The van der Waals surface area contributed by atoms with Crippen molar-refractivity contribution in [2.45, 2.75) is 19.4 Å². The van der Waals surface area contributed by atoms with Crippen molar-refractivity contribution in [2.24, 2.45) is 0 Å². The summed E-state index contributed by atoms with van der Waals surface area (Å²) >= 11 is 0. The van der Waals surface area contributed by atoms with Gasteiger partial charge in [-0.15, -0.1) is 0 Å². The standard InChI is InChI=1S/C23H26N2O5/c1-4-29-22-11-17-15(9-21(22)28-3)7-8-25(14-26)20(17)13-30-23-12-24-19-6-5-16(27-2)10-18(19)23/h5-6,9-12,14,20,24H,4,7-8,13H2,1-3H3/t20-/m0/s1. The van der Waals surface area contributed by atoms with E-state index in [1.54, 1.807) is 19.1 Å². The Morgan fingerprint density at radius 3 is 2.70 bits per heavy atom. The van der Waals surface area contributed by atoms with Crippen LogP contribution in [0.15, 0.2) is 36.5 Å². The molecule has 4 rings (SSSR count). The molecule has 0 spiro atoms. The molecule has 1 amide bonds. The number of H-pyrrole nitrogens is 1. The molecule has 7 nitrogen and oxygen atoms in total. The van der Waals surface area contributed by atoms with Gasteiger partial charge in [-0.25, -0.2) is 0 Å². The third-order valence-electron chi connectivity index (χ3n) is 5.51. The largest absolute Gasteiger partial charge is 0.497 e. The molecular weight excluding hydrogens is 384 g/mol. The number of benzene rings is 2. The minimum Gasteiger partial charge on any atom is -0.497 e. The first kappa shape index (κ1) is 19.9. The number of ether oxygens (including phenoxy) is 4. The van der Waals surface area contributed by atoms with E-state index in [1.165, 1.54) is 0 Å². The fraction of sp³-hybridized carbons (Fsp3) is 0.348. The van der Waals surface area contributed by atoms with Gasteiger partial charge in [-0.1, -0.05) is 0 Å². The first-order chi connectivity index (χ1) is 14.7. The van der Waals surface area contributed by atoms with Crippen molar-refractivity contribution in [1.29, 1.82) is 0 Å². The second-order valence-electron chi connectivity index (χ2n) is 7.12. The van der Waals surface area contributed by atoms with Gasteiger partial charge in [-0.3, -0.25) is 4.79 Å². The Kier molecular flexibility index (Phi) is 5.70. The minimum atomic E-state index is -0.216. The Morgan fingerprint density at radius 1 is 1.10 bits per heavy atom. The number of methoxy groups -OCH3 is 2. The van der Waals surface area contributed by atoms with Gasteiger partial charge in [0.1, 0.15) is 18.1 Å². The quantitative estimate of drug-likeness (QED) is 0.573. The van der Waals surface area contributed by atoms with Crippen LogP contribution < -0.4 is 18.9 Å². The van der Waals surface area contributed by atoms with Gasteiger partial charge in [-0.05, 0) is 54.8 Å². The molecule has 2 heterocycles. The fourth-order valence-corrected chi connectivity index (χ4v) is 3.96. The summed E-state index contributed by atoms with van der Waals surface area (Å²) < 4.78 is 22.8. The summed E-state index contributed by atoms with van der Waals surface area (Å²) in [6.45, 7) is 3.42. The maximum Gasteiger partial charge on any atom is 0.210 e. The zero-order valence-electron chi connectivity index (χ0n) is 17.4. The number of aromatic nitrogens is 1. The highest BCUT2D eigenvalue weighted by atomic mass is 16.5. The second-order valence-corrected chi connectivity index (χ2v) is 7.12. The number of hydrogen-bond donors (Lipinski definition) is 1. The molecule has 3 aromatic rings. The Hall–Kier alpha value is -3.35. The normalized spacial score (nSPS) is 15.6. The molecule has 0 radical (unpaired) electrons. The van der Waals surface area contributed by atoms with Gasteiger partial charge in [0.2, 0.25) is 6.41 Å². The van der Waals surface area contributed by atoms with E-state index in [2.05, 4.69) is 4.98 Å². The molecule has 30 heavy (non-hydrogen) atoms. The van der Waals surface area contributed by atoms with Gasteiger partial charge in [-0.2, -0.15) is 0 Å². The Bertz CT molecular complexity index is 1050. The molecule has 0 saturated heterocycles. The fourth-order valence-electron chi connectivity index (χ4n) is 3.96. The van der Waals surface area contributed by atoms with Gasteiger partial charge in [0, 0.05) is 23.6 Å².